The number of rotatable bonds is 3. The van der Waals surface area contributed by atoms with Crippen molar-refractivity contribution in [1.82, 2.24) is 0 Å². The van der Waals surface area contributed by atoms with E-state index >= 15 is 0 Å². The van der Waals surface area contributed by atoms with Gasteiger partial charge in [-0.25, -0.2) is 4.79 Å². The van der Waals surface area contributed by atoms with Crippen molar-refractivity contribution >= 4 is 5.97 Å². The van der Waals surface area contributed by atoms with Gasteiger partial charge >= 0.3 is 5.97 Å². The zero-order valence-electron chi connectivity index (χ0n) is 7.71. The molecule has 1 aliphatic rings. The van der Waals surface area contributed by atoms with E-state index in [1.54, 1.807) is 7.11 Å². The fraction of sp³-hybridized carbons (Fsp3) is 0.889. The summed E-state index contributed by atoms with van der Waals surface area (Å²) in [5, 5.41) is 0. The Kier molecular flexibility index (Phi) is 3.53. The van der Waals surface area contributed by atoms with E-state index in [-0.39, 0.29) is 12.1 Å². The maximum atomic E-state index is 11.2. The Morgan fingerprint density at radius 3 is 2.33 bits per heavy atom. The lowest BCUT2D eigenvalue weighted by Crippen LogP contribution is -2.31. The molecule has 0 amide bonds. The summed E-state index contributed by atoms with van der Waals surface area (Å²) in [6, 6.07) is 0. The van der Waals surface area contributed by atoms with E-state index in [0.717, 1.165) is 12.8 Å². The van der Waals surface area contributed by atoms with E-state index < -0.39 is 0 Å². The molecule has 1 fully saturated rings. The van der Waals surface area contributed by atoms with Gasteiger partial charge in [0.2, 0.25) is 0 Å². The number of hydrogen-bond donors (Lipinski definition) is 0. The van der Waals surface area contributed by atoms with E-state index in [0.29, 0.717) is 5.92 Å². The van der Waals surface area contributed by atoms with E-state index in [2.05, 4.69) is 4.74 Å². The SMILES string of the molecule is COC(=O)[C@@H](OC)C1CCCC1. The number of hydrogen-bond acceptors (Lipinski definition) is 3. The molecule has 0 radical (unpaired) electrons. The van der Waals surface area contributed by atoms with Crippen LogP contribution in [0.5, 0.6) is 0 Å². The van der Waals surface area contributed by atoms with Crippen LogP contribution in [0.1, 0.15) is 25.7 Å². The van der Waals surface area contributed by atoms with Gasteiger partial charge in [-0.15, -0.1) is 0 Å². The van der Waals surface area contributed by atoms with Gasteiger partial charge in [-0.05, 0) is 18.8 Å². The highest BCUT2D eigenvalue weighted by molar-refractivity contribution is 5.74. The van der Waals surface area contributed by atoms with Crippen LogP contribution in [0.25, 0.3) is 0 Å². The smallest absolute Gasteiger partial charge is 0.335 e. The zero-order valence-corrected chi connectivity index (χ0v) is 7.71. The highest BCUT2D eigenvalue weighted by Gasteiger charge is 2.31. The molecular weight excluding hydrogens is 156 g/mol. The third kappa shape index (κ3) is 1.97. The highest BCUT2D eigenvalue weighted by atomic mass is 16.6. The molecule has 0 aromatic rings. The Balaban J connectivity index is 2.48. The molecule has 0 saturated heterocycles. The van der Waals surface area contributed by atoms with Crippen LogP contribution in [0.4, 0.5) is 0 Å². The summed E-state index contributed by atoms with van der Waals surface area (Å²) in [6.45, 7) is 0. The summed E-state index contributed by atoms with van der Waals surface area (Å²) >= 11 is 0. The molecule has 0 aliphatic heterocycles. The lowest BCUT2D eigenvalue weighted by atomic mass is 10.0. The minimum Gasteiger partial charge on any atom is -0.467 e. The van der Waals surface area contributed by atoms with Crippen molar-refractivity contribution < 1.29 is 14.3 Å². The van der Waals surface area contributed by atoms with Crippen LogP contribution in [-0.2, 0) is 14.3 Å². The molecule has 1 atom stereocenters. The van der Waals surface area contributed by atoms with Crippen LogP contribution in [0.15, 0.2) is 0 Å². The van der Waals surface area contributed by atoms with Crippen molar-refractivity contribution in [3.8, 4) is 0 Å². The molecule has 0 aromatic heterocycles. The summed E-state index contributed by atoms with van der Waals surface area (Å²) in [6.07, 6.45) is 4.27. The number of carbonyl (C=O) groups is 1. The first-order valence-electron chi connectivity index (χ1n) is 4.40. The van der Waals surface area contributed by atoms with Crippen LogP contribution in [-0.4, -0.2) is 26.3 Å². The predicted octanol–water partition coefficient (Wildman–Crippen LogP) is 1.36. The highest BCUT2D eigenvalue weighted by Crippen LogP contribution is 2.29. The van der Waals surface area contributed by atoms with Gasteiger partial charge in [-0.1, -0.05) is 12.8 Å². The lowest BCUT2D eigenvalue weighted by molar-refractivity contribution is -0.155. The van der Waals surface area contributed by atoms with Crippen molar-refractivity contribution in [2.45, 2.75) is 31.8 Å². The average Bonchev–Trinajstić information content (AvgIpc) is 2.58. The van der Waals surface area contributed by atoms with Gasteiger partial charge in [0.15, 0.2) is 6.10 Å². The average molecular weight is 172 g/mol. The van der Waals surface area contributed by atoms with Gasteiger partial charge in [0, 0.05) is 7.11 Å². The second-order valence-corrected chi connectivity index (χ2v) is 3.22. The lowest BCUT2D eigenvalue weighted by Gasteiger charge is -2.18. The summed E-state index contributed by atoms with van der Waals surface area (Å²) in [5.74, 6) is 0.145. The quantitative estimate of drug-likeness (QED) is 0.603. The van der Waals surface area contributed by atoms with E-state index in [1.165, 1.54) is 20.0 Å². The first-order valence-corrected chi connectivity index (χ1v) is 4.40. The molecule has 1 rings (SSSR count). The Hall–Kier alpha value is -0.570. The summed E-state index contributed by atoms with van der Waals surface area (Å²) < 4.78 is 9.76. The van der Waals surface area contributed by atoms with Gasteiger partial charge in [-0.2, -0.15) is 0 Å². The molecule has 0 bridgehead atoms. The molecule has 70 valence electrons. The maximum absolute atomic E-state index is 11.2. The van der Waals surface area contributed by atoms with E-state index in [9.17, 15) is 4.79 Å². The molecule has 0 heterocycles. The molecular formula is C9H16O3. The second-order valence-electron chi connectivity index (χ2n) is 3.22. The Bertz CT molecular complexity index is 150. The van der Waals surface area contributed by atoms with E-state index in [1.807, 2.05) is 0 Å². The second kappa shape index (κ2) is 4.45. The van der Waals surface area contributed by atoms with Crippen LogP contribution in [0.2, 0.25) is 0 Å². The third-order valence-electron chi connectivity index (χ3n) is 2.52. The first-order chi connectivity index (χ1) is 5.79. The molecule has 1 saturated carbocycles. The van der Waals surface area contributed by atoms with Crippen LogP contribution in [0.3, 0.4) is 0 Å². The van der Waals surface area contributed by atoms with Crippen LogP contribution < -0.4 is 0 Å². The van der Waals surface area contributed by atoms with Gasteiger partial charge in [0.1, 0.15) is 0 Å². The molecule has 3 heteroatoms. The Morgan fingerprint density at radius 2 is 1.92 bits per heavy atom. The van der Waals surface area contributed by atoms with E-state index in [4.69, 9.17) is 4.74 Å². The Morgan fingerprint density at radius 1 is 1.33 bits per heavy atom. The minimum atomic E-state index is -0.336. The van der Waals surface area contributed by atoms with Gasteiger partial charge in [-0.3, -0.25) is 0 Å². The topological polar surface area (TPSA) is 35.5 Å². The fourth-order valence-corrected chi connectivity index (χ4v) is 1.86. The van der Waals surface area contributed by atoms with Crippen LogP contribution >= 0.6 is 0 Å². The number of carbonyl (C=O) groups excluding carboxylic acids is 1. The third-order valence-corrected chi connectivity index (χ3v) is 2.52. The first kappa shape index (κ1) is 9.52. The van der Waals surface area contributed by atoms with Gasteiger partial charge in [0.25, 0.3) is 0 Å². The van der Waals surface area contributed by atoms with Gasteiger partial charge in [0.05, 0.1) is 7.11 Å². The molecule has 0 unspecified atom stereocenters. The Labute approximate surface area is 73.0 Å². The normalized spacial score (nSPS) is 20.8. The molecule has 0 N–H and O–H groups in total. The van der Waals surface area contributed by atoms with Crippen molar-refractivity contribution in [2.24, 2.45) is 5.92 Å². The maximum Gasteiger partial charge on any atom is 0.335 e. The predicted molar refractivity (Wildman–Crippen MR) is 44.8 cm³/mol. The molecule has 1 aliphatic carbocycles. The number of methoxy groups -OCH3 is 2. The monoisotopic (exact) mass is 172 g/mol. The molecule has 3 nitrogen and oxygen atoms in total. The van der Waals surface area contributed by atoms with Crippen molar-refractivity contribution in [3.05, 3.63) is 0 Å². The molecule has 12 heavy (non-hydrogen) atoms. The standard InChI is InChI=1S/C9H16O3/c1-11-8(9(10)12-2)7-5-3-4-6-7/h7-8H,3-6H2,1-2H3/t8-/m0/s1. The number of ether oxygens (including phenoxy) is 2. The zero-order chi connectivity index (χ0) is 8.97. The minimum absolute atomic E-state index is 0.232. The van der Waals surface area contributed by atoms with Crippen molar-refractivity contribution in [3.63, 3.8) is 0 Å². The fourth-order valence-electron chi connectivity index (χ4n) is 1.86. The summed E-state index contributed by atoms with van der Waals surface area (Å²) in [5.41, 5.74) is 0. The van der Waals surface area contributed by atoms with Crippen LogP contribution in [0, 0.1) is 5.92 Å². The van der Waals surface area contributed by atoms with Crippen molar-refractivity contribution in [1.29, 1.82) is 0 Å². The largest absolute Gasteiger partial charge is 0.467 e. The molecule has 0 aromatic carbocycles. The summed E-state index contributed by atoms with van der Waals surface area (Å²) in [7, 11) is 2.98. The number of esters is 1. The van der Waals surface area contributed by atoms with Gasteiger partial charge < -0.3 is 9.47 Å². The summed E-state index contributed by atoms with van der Waals surface area (Å²) in [4.78, 5) is 11.2. The molecule has 0 spiro atoms. The van der Waals surface area contributed by atoms with Crippen molar-refractivity contribution in [2.75, 3.05) is 14.2 Å².